The van der Waals surface area contributed by atoms with Crippen LogP contribution in [0, 0.1) is 22.7 Å². The molecule has 2 heterocycles. The minimum Gasteiger partial charge on any atom is -0.450 e. The van der Waals surface area contributed by atoms with Crippen LogP contribution in [0.4, 0.5) is 15.7 Å². The summed E-state index contributed by atoms with van der Waals surface area (Å²) in [4.78, 5) is 38.9. The average molecular weight is 479 g/mol. The number of ether oxygens (including phenoxy) is 1. The number of aromatic nitrogens is 3. The van der Waals surface area contributed by atoms with Gasteiger partial charge < -0.3 is 10.5 Å². The highest BCUT2D eigenvalue weighted by Crippen LogP contribution is 2.27. The summed E-state index contributed by atoms with van der Waals surface area (Å²) in [6, 6.07) is 5.06. The van der Waals surface area contributed by atoms with Crippen LogP contribution < -0.4 is 16.4 Å². The predicted octanol–water partition coefficient (Wildman–Crippen LogP) is 1.35. The summed E-state index contributed by atoms with van der Waals surface area (Å²) in [7, 11) is 0. The molecule has 0 fully saturated rings. The molecule has 2 aromatic rings. The quantitative estimate of drug-likeness (QED) is 0.364. The molecule has 0 unspecified atom stereocenters. The topological polar surface area (TPSA) is 197 Å². The first kappa shape index (κ1) is 23.9. The second-order valence-corrected chi connectivity index (χ2v) is 8.43. The van der Waals surface area contributed by atoms with Gasteiger partial charge in [-0.3, -0.25) is 20.2 Å². The zero-order valence-corrected chi connectivity index (χ0v) is 18.3. The molecule has 0 spiro atoms. The van der Waals surface area contributed by atoms with E-state index in [1.807, 2.05) is 12.1 Å². The van der Waals surface area contributed by atoms with Gasteiger partial charge in [0, 0.05) is 0 Å². The highest BCUT2D eigenvalue weighted by atomic mass is 32.2. The summed E-state index contributed by atoms with van der Waals surface area (Å²) in [5, 5.41) is 30.8. The van der Waals surface area contributed by atoms with Crippen molar-refractivity contribution in [2.75, 3.05) is 29.2 Å². The van der Waals surface area contributed by atoms with Crippen molar-refractivity contribution in [3.05, 3.63) is 17.2 Å². The van der Waals surface area contributed by atoms with Gasteiger partial charge >= 0.3 is 6.09 Å². The van der Waals surface area contributed by atoms with Crippen LogP contribution in [0.1, 0.15) is 18.1 Å². The molecule has 0 aliphatic heterocycles. The molecule has 0 radical (unpaired) electrons. The Kier molecular flexibility index (Phi) is 9.01. The lowest BCUT2D eigenvalue weighted by molar-refractivity contribution is -0.118. The van der Waals surface area contributed by atoms with Crippen molar-refractivity contribution in [1.29, 1.82) is 10.5 Å². The van der Waals surface area contributed by atoms with Gasteiger partial charge in [-0.25, -0.2) is 9.78 Å². The third kappa shape index (κ3) is 7.41. The zero-order valence-electron chi connectivity index (χ0n) is 15.9. The number of nitrogens with one attached hydrogen (secondary N) is 2. The van der Waals surface area contributed by atoms with Crippen LogP contribution in [0.2, 0.25) is 0 Å². The van der Waals surface area contributed by atoms with Crippen molar-refractivity contribution in [3.8, 4) is 12.1 Å². The molecular formula is C16H14N8O4S3. The third-order valence-electron chi connectivity index (χ3n) is 3.09. The Morgan fingerprint density at radius 3 is 2.55 bits per heavy atom. The number of imide groups is 1. The number of nitrogens with zero attached hydrogens (tertiary/aromatic N) is 5. The summed E-state index contributed by atoms with van der Waals surface area (Å²) in [6.07, 6.45) is -0.825. The maximum absolute atomic E-state index is 12.1. The Morgan fingerprint density at radius 2 is 1.87 bits per heavy atom. The predicted molar refractivity (Wildman–Crippen MR) is 113 cm³/mol. The van der Waals surface area contributed by atoms with Gasteiger partial charge in [-0.1, -0.05) is 34.9 Å². The largest absolute Gasteiger partial charge is 0.450 e. The van der Waals surface area contributed by atoms with Gasteiger partial charge in [0.05, 0.1) is 29.2 Å². The monoisotopic (exact) mass is 478 g/mol. The number of rotatable bonds is 8. The number of carbonyl (C=O) groups excluding carboxylic acids is 3. The molecule has 0 aromatic carbocycles. The molecule has 0 aliphatic rings. The van der Waals surface area contributed by atoms with Crippen LogP contribution >= 0.6 is 34.9 Å². The molecule has 0 saturated heterocycles. The van der Waals surface area contributed by atoms with Gasteiger partial charge in [-0.15, -0.1) is 10.2 Å². The number of anilines is 2. The van der Waals surface area contributed by atoms with Crippen molar-refractivity contribution in [2.24, 2.45) is 0 Å². The SMILES string of the molecule is CCOC(=O)NC(=O)CSc1nnc(NC(=O)CSc2nc(N)c(C#N)cc2C#N)s1. The van der Waals surface area contributed by atoms with Crippen LogP contribution in [-0.4, -0.2) is 51.2 Å². The number of nitrogen functional groups attached to an aromatic ring is 1. The van der Waals surface area contributed by atoms with Crippen LogP contribution in [0.5, 0.6) is 0 Å². The average Bonchev–Trinajstić information content (AvgIpc) is 3.18. The molecule has 3 amide bonds. The lowest BCUT2D eigenvalue weighted by Gasteiger charge is -2.05. The van der Waals surface area contributed by atoms with Gasteiger partial charge in [0.1, 0.15) is 23.0 Å². The van der Waals surface area contributed by atoms with E-state index in [-0.39, 0.29) is 45.2 Å². The summed E-state index contributed by atoms with van der Waals surface area (Å²) in [5.41, 5.74) is 5.87. The third-order valence-corrected chi connectivity index (χ3v) is 6.06. The van der Waals surface area contributed by atoms with E-state index in [0.29, 0.717) is 4.34 Å². The number of hydrogen-bond acceptors (Lipinski definition) is 13. The second kappa shape index (κ2) is 11.7. The van der Waals surface area contributed by atoms with Gasteiger partial charge in [0.15, 0.2) is 4.34 Å². The van der Waals surface area contributed by atoms with Crippen molar-refractivity contribution >= 4 is 63.7 Å². The number of nitriles is 2. The zero-order chi connectivity index (χ0) is 22.8. The van der Waals surface area contributed by atoms with Crippen LogP contribution in [-0.2, 0) is 14.3 Å². The van der Waals surface area contributed by atoms with E-state index in [1.54, 1.807) is 6.92 Å². The number of alkyl carbamates (subject to hydrolysis) is 1. The van der Waals surface area contributed by atoms with Crippen molar-refractivity contribution in [2.45, 2.75) is 16.3 Å². The first-order valence-corrected chi connectivity index (χ1v) is 11.1. The fourth-order valence-electron chi connectivity index (χ4n) is 1.84. The highest BCUT2D eigenvalue weighted by Gasteiger charge is 2.15. The van der Waals surface area contributed by atoms with E-state index >= 15 is 0 Å². The molecule has 0 bridgehead atoms. The standard InChI is InChI=1S/C16H14N8O4S3/c1-2-28-15(27)21-11(26)7-30-16-24-23-14(31-16)20-10(25)6-29-13-9(5-18)3-8(4-17)12(19)22-13/h3H,2,6-7H2,1H3,(H2,19,22)(H,20,23,25)(H,21,26,27). The summed E-state index contributed by atoms with van der Waals surface area (Å²) >= 11 is 3.07. The molecule has 0 atom stereocenters. The Balaban J connectivity index is 1.85. The maximum Gasteiger partial charge on any atom is 0.413 e. The van der Waals surface area contributed by atoms with E-state index in [4.69, 9.17) is 16.3 Å². The molecule has 0 aliphatic carbocycles. The van der Waals surface area contributed by atoms with Gasteiger partial charge in [0.25, 0.3) is 0 Å². The maximum atomic E-state index is 12.1. The normalized spacial score (nSPS) is 9.90. The number of carbonyl (C=O) groups is 3. The van der Waals surface area contributed by atoms with Crippen molar-refractivity contribution < 1.29 is 19.1 Å². The molecule has 160 valence electrons. The Morgan fingerprint density at radius 1 is 1.16 bits per heavy atom. The first-order valence-electron chi connectivity index (χ1n) is 8.32. The Bertz CT molecular complexity index is 1080. The molecular weight excluding hydrogens is 464 g/mol. The van der Waals surface area contributed by atoms with E-state index in [2.05, 4.69) is 30.6 Å². The molecule has 2 aromatic heterocycles. The van der Waals surface area contributed by atoms with E-state index in [1.165, 1.54) is 6.07 Å². The summed E-state index contributed by atoms with van der Waals surface area (Å²) in [5.74, 6) is -1.17. The van der Waals surface area contributed by atoms with Crippen LogP contribution in [0.25, 0.3) is 0 Å². The molecule has 31 heavy (non-hydrogen) atoms. The molecule has 0 saturated carbocycles. The summed E-state index contributed by atoms with van der Waals surface area (Å²) in [6.45, 7) is 1.77. The van der Waals surface area contributed by atoms with E-state index in [9.17, 15) is 14.4 Å². The van der Waals surface area contributed by atoms with Crippen LogP contribution in [0.15, 0.2) is 15.4 Å². The fourth-order valence-corrected chi connectivity index (χ4v) is 4.17. The number of pyridine rings is 1. The minimum absolute atomic E-state index is 0.0257. The Labute approximate surface area is 188 Å². The number of hydrogen-bond donors (Lipinski definition) is 3. The number of amides is 3. The van der Waals surface area contributed by atoms with Crippen molar-refractivity contribution in [1.82, 2.24) is 20.5 Å². The molecule has 4 N–H and O–H groups in total. The fraction of sp³-hybridized carbons (Fsp3) is 0.250. The second-order valence-electron chi connectivity index (χ2n) is 5.26. The van der Waals surface area contributed by atoms with Crippen LogP contribution in [0.3, 0.4) is 0 Å². The van der Waals surface area contributed by atoms with Gasteiger partial charge in [-0.2, -0.15) is 10.5 Å². The van der Waals surface area contributed by atoms with Gasteiger partial charge in [-0.05, 0) is 13.0 Å². The molecule has 12 nitrogen and oxygen atoms in total. The lowest BCUT2D eigenvalue weighted by atomic mass is 10.2. The molecule has 15 heteroatoms. The molecule has 2 rings (SSSR count). The number of nitrogens with two attached hydrogens (primary N) is 1. The van der Waals surface area contributed by atoms with E-state index < -0.39 is 17.9 Å². The highest BCUT2D eigenvalue weighted by molar-refractivity contribution is 8.01. The summed E-state index contributed by atoms with van der Waals surface area (Å²) < 4.78 is 5.01. The van der Waals surface area contributed by atoms with E-state index in [0.717, 1.165) is 34.9 Å². The van der Waals surface area contributed by atoms with Gasteiger partial charge in [0.2, 0.25) is 16.9 Å². The van der Waals surface area contributed by atoms with Crippen molar-refractivity contribution in [3.63, 3.8) is 0 Å². The first-order chi connectivity index (χ1) is 14.9. The minimum atomic E-state index is -0.825. The Hall–Kier alpha value is -3.40. The smallest absolute Gasteiger partial charge is 0.413 e. The lowest BCUT2D eigenvalue weighted by Crippen LogP contribution is -2.32. The number of thioether (sulfide) groups is 2.